The zero-order valence-corrected chi connectivity index (χ0v) is 17.3. The van der Waals surface area contributed by atoms with E-state index in [2.05, 4.69) is 25.4 Å². The maximum absolute atomic E-state index is 12.3. The van der Waals surface area contributed by atoms with E-state index in [1.165, 1.54) is 11.8 Å². The van der Waals surface area contributed by atoms with E-state index < -0.39 is 0 Å². The minimum Gasteiger partial charge on any atom is -0.341 e. The Kier molecular flexibility index (Phi) is 5.35. The smallest absolute Gasteiger partial charge is 0.234 e. The SMILES string of the molecule is Cc1cc(C)n(-c2ccc(NC(=O)CSC(C)c3nc4ccccc4[nH]3)cn2)n1. The van der Waals surface area contributed by atoms with Crippen LogP contribution >= 0.6 is 11.8 Å². The average molecular weight is 407 g/mol. The first kappa shape index (κ1) is 19.2. The highest BCUT2D eigenvalue weighted by atomic mass is 32.2. The molecule has 0 saturated carbocycles. The number of thioether (sulfide) groups is 1. The predicted molar refractivity (Wildman–Crippen MR) is 116 cm³/mol. The summed E-state index contributed by atoms with van der Waals surface area (Å²) in [5, 5.41) is 7.39. The number of hydrogen-bond acceptors (Lipinski definition) is 5. The quantitative estimate of drug-likeness (QED) is 0.501. The van der Waals surface area contributed by atoms with Crippen molar-refractivity contribution in [1.82, 2.24) is 24.7 Å². The van der Waals surface area contributed by atoms with E-state index in [0.717, 1.165) is 34.1 Å². The number of aromatic nitrogens is 5. The third-order valence-corrected chi connectivity index (χ3v) is 5.67. The van der Waals surface area contributed by atoms with Gasteiger partial charge in [-0.15, -0.1) is 11.8 Å². The van der Waals surface area contributed by atoms with Crippen LogP contribution in [0, 0.1) is 13.8 Å². The van der Waals surface area contributed by atoms with E-state index in [9.17, 15) is 4.79 Å². The zero-order valence-electron chi connectivity index (χ0n) is 16.5. The molecule has 4 rings (SSSR count). The molecule has 1 aromatic carbocycles. The molecular formula is C21H22N6OS. The zero-order chi connectivity index (χ0) is 20.4. The molecule has 0 aliphatic rings. The summed E-state index contributed by atoms with van der Waals surface area (Å²) in [7, 11) is 0. The molecule has 3 aromatic heterocycles. The van der Waals surface area contributed by atoms with E-state index in [0.29, 0.717) is 11.4 Å². The number of pyridine rings is 1. The van der Waals surface area contributed by atoms with Crippen LogP contribution in [-0.2, 0) is 4.79 Å². The summed E-state index contributed by atoms with van der Waals surface area (Å²) in [5.41, 5.74) is 4.57. The highest BCUT2D eigenvalue weighted by Gasteiger charge is 2.14. The summed E-state index contributed by atoms with van der Waals surface area (Å²) in [4.78, 5) is 24.6. The molecule has 0 spiro atoms. The average Bonchev–Trinajstić information content (AvgIpc) is 3.29. The Bertz CT molecular complexity index is 1110. The Balaban J connectivity index is 1.34. The number of benzene rings is 1. The Morgan fingerprint density at radius 1 is 1.24 bits per heavy atom. The number of para-hydroxylation sites is 2. The molecule has 4 aromatic rings. The summed E-state index contributed by atoms with van der Waals surface area (Å²) < 4.78 is 1.78. The van der Waals surface area contributed by atoms with Crippen molar-refractivity contribution >= 4 is 34.4 Å². The molecule has 148 valence electrons. The van der Waals surface area contributed by atoms with E-state index >= 15 is 0 Å². The van der Waals surface area contributed by atoms with E-state index in [-0.39, 0.29) is 11.2 Å². The van der Waals surface area contributed by atoms with Crippen LogP contribution in [-0.4, -0.2) is 36.4 Å². The molecule has 7 nitrogen and oxygen atoms in total. The molecule has 0 aliphatic heterocycles. The van der Waals surface area contributed by atoms with Crippen molar-refractivity contribution in [3.05, 3.63) is 65.9 Å². The number of rotatable bonds is 6. The monoisotopic (exact) mass is 406 g/mol. The normalized spacial score (nSPS) is 12.2. The van der Waals surface area contributed by atoms with Gasteiger partial charge in [-0.05, 0) is 51.1 Å². The van der Waals surface area contributed by atoms with Crippen LogP contribution in [0.3, 0.4) is 0 Å². The fourth-order valence-electron chi connectivity index (χ4n) is 3.09. The lowest BCUT2D eigenvalue weighted by Crippen LogP contribution is -2.15. The summed E-state index contributed by atoms with van der Waals surface area (Å²) in [5.74, 6) is 1.86. The fourth-order valence-corrected chi connectivity index (χ4v) is 3.83. The number of nitrogens with one attached hydrogen (secondary N) is 2. The van der Waals surface area contributed by atoms with Gasteiger partial charge in [-0.1, -0.05) is 12.1 Å². The molecule has 2 N–H and O–H groups in total. The van der Waals surface area contributed by atoms with Crippen LogP contribution in [0.25, 0.3) is 16.9 Å². The number of aryl methyl sites for hydroxylation is 2. The van der Waals surface area contributed by atoms with Gasteiger partial charge in [-0.3, -0.25) is 4.79 Å². The van der Waals surface area contributed by atoms with Crippen molar-refractivity contribution in [2.45, 2.75) is 26.0 Å². The van der Waals surface area contributed by atoms with Gasteiger partial charge in [0.05, 0.1) is 39.6 Å². The topological polar surface area (TPSA) is 88.5 Å². The number of carbonyl (C=O) groups is 1. The molecule has 8 heteroatoms. The largest absolute Gasteiger partial charge is 0.341 e. The van der Waals surface area contributed by atoms with Crippen LogP contribution in [0.2, 0.25) is 0 Å². The van der Waals surface area contributed by atoms with Gasteiger partial charge in [0.25, 0.3) is 0 Å². The maximum Gasteiger partial charge on any atom is 0.234 e. The molecule has 0 radical (unpaired) electrons. The summed E-state index contributed by atoms with van der Waals surface area (Å²) in [6.45, 7) is 5.97. The van der Waals surface area contributed by atoms with Gasteiger partial charge in [0.1, 0.15) is 5.82 Å². The number of imidazole rings is 1. The van der Waals surface area contributed by atoms with Crippen molar-refractivity contribution in [3.63, 3.8) is 0 Å². The minimum absolute atomic E-state index is 0.0707. The summed E-state index contributed by atoms with van der Waals surface area (Å²) in [6, 6.07) is 13.6. The lowest BCUT2D eigenvalue weighted by molar-refractivity contribution is -0.113. The Morgan fingerprint density at radius 3 is 2.76 bits per heavy atom. The molecule has 0 fully saturated rings. The Hall–Kier alpha value is -3.13. The molecule has 0 saturated heterocycles. The molecule has 3 heterocycles. The second-order valence-electron chi connectivity index (χ2n) is 6.88. The van der Waals surface area contributed by atoms with Crippen LogP contribution in [0.1, 0.15) is 29.4 Å². The van der Waals surface area contributed by atoms with Gasteiger partial charge < -0.3 is 10.3 Å². The first-order valence-electron chi connectivity index (χ1n) is 9.35. The first-order valence-corrected chi connectivity index (χ1v) is 10.4. The molecule has 0 aliphatic carbocycles. The second-order valence-corrected chi connectivity index (χ2v) is 8.21. The lowest BCUT2D eigenvalue weighted by atomic mass is 10.3. The second kappa shape index (κ2) is 8.08. The number of hydrogen-bond donors (Lipinski definition) is 2. The maximum atomic E-state index is 12.3. The number of aromatic amines is 1. The number of fused-ring (bicyclic) bond motifs is 1. The van der Waals surface area contributed by atoms with Gasteiger partial charge in [-0.25, -0.2) is 14.6 Å². The van der Waals surface area contributed by atoms with Gasteiger partial charge in [0, 0.05) is 5.69 Å². The van der Waals surface area contributed by atoms with Crippen molar-refractivity contribution in [2.75, 3.05) is 11.1 Å². The number of nitrogens with zero attached hydrogens (tertiary/aromatic N) is 4. The molecule has 1 atom stereocenters. The molecule has 29 heavy (non-hydrogen) atoms. The van der Waals surface area contributed by atoms with E-state index in [1.54, 1.807) is 10.9 Å². The third kappa shape index (κ3) is 4.32. The molecular weight excluding hydrogens is 384 g/mol. The standard InChI is InChI=1S/C21H22N6OS/c1-13-10-14(2)27(26-13)19-9-8-16(11-22-19)23-20(28)12-29-15(3)21-24-17-6-4-5-7-18(17)25-21/h4-11,15H,12H2,1-3H3,(H,23,28)(H,24,25). The lowest BCUT2D eigenvalue weighted by Gasteiger charge is -2.09. The van der Waals surface area contributed by atoms with Crippen LogP contribution in [0.4, 0.5) is 5.69 Å². The molecule has 1 amide bonds. The number of amides is 1. The Morgan fingerprint density at radius 2 is 2.07 bits per heavy atom. The van der Waals surface area contributed by atoms with Gasteiger partial charge in [0.15, 0.2) is 5.82 Å². The van der Waals surface area contributed by atoms with E-state index in [1.807, 2.05) is 63.2 Å². The van der Waals surface area contributed by atoms with Crippen molar-refractivity contribution in [1.29, 1.82) is 0 Å². The number of anilines is 1. The van der Waals surface area contributed by atoms with Crippen molar-refractivity contribution < 1.29 is 4.79 Å². The highest BCUT2D eigenvalue weighted by molar-refractivity contribution is 8.00. The van der Waals surface area contributed by atoms with Crippen molar-refractivity contribution in [3.8, 4) is 5.82 Å². The van der Waals surface area contributed by atoms with Crippen LogP contribution in [0.15, 0.2) is 48.7 Å². The summed E-state index contributed by atoms with van der Waals surface area (Å²) >= 11 is 1.54. The van der Waals surface area contributed by atoms with E-state index in [4.69, 9.17) is 0 Å². The number of carbonyl (C=O) groups excluding carboxylic acids is 1. The third-order valence-electron chi connectivity index (χ3n) is 4.52. The minimum atomic E-state index is -0.0707. The van der Waals surface area contributed by atoms with Gasteiger partial charge in [-0.2, -0.15) is 5.10 Å². The summed E-state index contributed by atoms with van der Waals surface area (Å²) in [6.07, 6.45) is 1.65. The Labute approximate surface area is 173 Å². The first-order chi connectivity index (χ1) is 14.0. The predicted octanol–water partition coefficient (Wildman–Crippen LogP) is 4.19. The number of H-pyrrole nitrogens is 1. The molecule has 1 unspecified atom stereocenters. The van der Waals surface area contributed by atoms with Crippen molar-refractivity contribution in [2.24, 2.45) is 0 Å². The van der Waals surface area contributed by atoms with Gasteiger partial charge >= 0.3 is 0 Å². The van der Waals surface area contributed by atoms with Gasteiger partial charge in [0.2, 0.25) is 5.91 Å². The van der Waals surface area contributed by atoms with Crippen LogP contribution < -0.4 is 5.32 Å². The highest BCUT2D eigenvalue weighted by Crippen LogP contribution is 2.27. The van der Waals surface area contributed by atoms with Crippen LogP contribution in [0.5, 0.6) is 0 Å². The molecule has 0 bridgehead atoms. The fraction of sp³-hybridized carbons (Fsp3) is 0.238.